The number of imidazole rings is 1. The van der Waals surface area contributed by atoms with Crippen LogP contribution in [0, 0.1) is 0 Å². The third-order valence-corrected chi connectivity index (χ3v) is 5.55. The van der Waals surface area contributed by atoms with Crippen molar-refractivity contribution in [2.75, 3.05) is 31.2 Å². The maximum atomic E-state index is 12.2. The zero-order chi connectivity index (χ0) is 20.1. The molecule has 0 atom stereocenters. The number of carbonyl (C=O) groups is 1. The van der Waals surface area contributed by atoms with Gasteiger partial charge in [0.15, 0.2) is 5.13 Å². The number of hydrogen-bond acceptors (Lipinski definition) is 7. The number of carbonyl (C=O) groups excluding carboxylic acids is 1. The van der Waals surface area contributed by atoms with E-state index in [1.165, 1.54) is 0 Å². The quantitative estimate of drug-likeness (QED) is 0.498. The molecule has 8 nitrogen and oxygen atoms in total. The lowest BCUT2D eigenvalue weighted by Gasteiger charge is -2.26. The normalized spacial score (nSPS) is 14.8. The summed E-state index contributed by atoms with van der Waals surface area (Å²) < 4.78 is 7.29. The van der Waals surface area contributed by atoms with Crippen molar-refractivity contribution in [1.29, 1.82) is 0 Å². The van der Waals surface area contributed by atoms with Gasteiger partial charge in [-0.25, -0.2) is 15.4 Å². The lowest BCUT2D eigenvalue weighted by Crippen LogP contribution is -2.36. The number of ether oxygens (including phenoxy) is 1. The van der Waals surface area contributed by atoms with E-state index >= 15 is 0 Å². The Balaban J connectivity index is 1.32. The van der Waals surface area contributed by atoms with E-state index in [-0.39, 0.29) is 12.3 Å². The fraction of sp³-hybridized carbons (Fsp3) is 0.300. The van der Waals surface area contributed by atoms with Gasteiger partial charge in [0.2, 0.25) is 5.91 Å². The van der Waals surface area contributed by atoms with Crippen molar-refractivity contribution in [3.63, 3.8) is 0 Å². The summed E-state index contributed by atoms with van der Waals surface area (Å²) in [6, 6.07) is 7.91. The molecule has 1 fully saturated rings. The van der Waals surface area contributed by atoms with Crippen molar-refractivity contribution in [3.05, 3.63) is 59.6 Å². The first-order chi connectivity index (χ1) is 14.2. The average Bonchev–Trinajstić information content (AvgIpc) is 3.45. The molecule has 1 aliphatic rings. The first kappa shape index (κ1) is 19.3. The van der Waals surface area contributed by atoms with Crippen molar-refractivity contribution < 1.29 is 9.53 Å². The molecule has 1 saturated heterocycles. The third-order valence-electron chi connectivity index (χ3n) is 4.60. The first-order valence-electron chi connectivity index (χ1n) is 9.38. The first-order valence-corrected chi connectivity index (χ1v) is 10.3. The molecule has 0 spiro atoms. The Morgan fingerprint density at radius 3 is 2.79 bits per heavy atom. The number of morpholine rings is 1. The standard InChI is InChI=1S/C20H22N6O2S/c1-15(16-2-4-18(5-3-16)26-7-6-21-14-26)23-24-19(27)12-17-13-29-20(22-17)25-8-10-28-11-9-25/h2-7,13-14H,8-12H2,1H3,(H,24,27). The molecule has 1 aliphatic heterocycles. The van der Waals surface area contributed by atoms with Crippen LogP contribution >= 0.6 is 11.3 Å². The molecule has 9 heteroatoms. The number of anilines is 1. The summed E-state index contributed by atoms with van der Waals surface area (Å²) in [5.41, 5.74) is 6.08. The minimum atomic E-state index is -0.182. The zero-order valence-corrected chi connectivity index (χ0v) is 16.9. The molecular weight excluding hydrogens is 388 g/mol. The van der Waals surface area contributed by atoms with Gasteiger partial charge < -0.3 is 14.2 Å². The second-order valence-electron chi connectivity index (χ2n) is 6.65. The summed E-state index contributed by atoms with van der Waals surface area (Å²) in [5, 5.41) is 7.09. The minimum absolute atomic E-state index is 0.182. The molecule has 29 heavy (non-hydrogen) atoms. The van der Waals surface area contributed by atoms with Crippen LogP contribution in [0.1, 0.15) is 18.2 Å². The average molecular weight is 411 g/mol. The molecule has 3 heterocycles. The predicted octanol–water partition coefficient (Wildman–Crippen LogP) is 2.25. The van der Waals surface area contributed by atoms with Crippen LogP contribution in [0.15, 0.2) is 53.5 Å². The van der Waals surface area contributed by atoms with E-state index in [0.717, 1.165) is 40.9 Å². The topological polar surface area (TPSA) is 84.6 Å². The molecule has 3 aromatic rings. The summed E-state index contributed by atoms with van der Waals surface area (Å²) in [4.78, 5) is 23.0. The van der Waals surface area contributed by atoms with Gasteiger partial charge in [-0.3, -0.25) is 4.79 Å². The van der Waals surface area contributed by atoms with Gasteiger partial charge >= 0.3 is 0 Å². The number of amides is 1. The summed E-state index contributed by atoms with van der Waals surface area (Å²) in [6.07, 6.45) is 5.58. The fourth-order valence-electron chi connectivity index (χ4n) is 2.98. The number of thiazole rings is 1. The van der Waals surface area contributed by atoms with Crippen LogP contribution in [-0.2, 0) is 16.0 Å². The molecule has 0 aliphatic carbocycles. The van der Waals surface area contributed by atoms with Gasteiger partial charge in [0.25, 0.3) is 0 Å². The van der Waals surface area contributed by atoms with Crippen LogP contribution in [0.25, 0.3) is 5.69 Å². The highest BCUT2D eigenvalue weighted by Gasteiger charge is 2.15. The van der Waals surface area contributed by atoms with E-state index in [2.05, 4.69) is 25.4 Å². The van der Waals surface area contributed by atoms with Gasteiger partial charge in [-0.05, 0) is 24.6 Å². The molecule has 0 radical (unpaired) electrons. The molecule has 1 N–H and O–H groups in total. The van der Waals surface area contributed by atoms with Gasteiger partial charge in [0, 0.05) is 36.6 Å². The molecule has 0 unspecified atom stereocenters. The molecule has 4 rings (SSSR count). The molecular formula is C20H22N6O2S. The zero-order valence-electron chi connectivity index (χ0n) is 16.1. The van der Waals surface area contributed by atoms with Crippen LogP contribution in [0.2, 0.25) is 0 Å². The monoisotopic (exact) mass is 410 g/mol. The van der Waals surface area contributed by atoms with Gasteiger partial charge in [-0.2, -0.15) is 5.10 Å². The van der Waals surface area contributed by atoms with E-state index in [1.807, 2.05) is 47.3 Å². The van der Waals surface area contributed by atoms with Gasteiger partial charge in [0.1, 0.15) is 0 Å². The van der Waals surface area contributed by atoms with Gasteiger partial charge in [-0.15, -0.1) is 11.3 Å². The predicted molar refractivity (Wildman–Crippen MR) is 113 cm³/mol. The Bertz CT molecular complexity index is 975. The van der Waals surface area contributed by atoms with Gasteiger partial charge in [-0.1, -0.05) is 12.1 Å². The second-order valence-corrected chi connectivity index (χ2v) is 7.48. The summed E-state index contributed by atoms with van der Waals surface area (Å²) in [6.45, 7) is 4.97. The molecule has 2 aromatic heterocycles. The Morgan fingerprint density at radius 2 is 2.07 bits per heavy atom. The SMILES string of the molecule is CC(=NNC(=O)Cc1csc(N2CCOCC2)n1)c1ccc(-n2ccnc2)cc1. The molecule has 0 bridgehead atoms. The molecule has 0 saturated carbocycles. The fourth-order valence-corrected chi connectivity index (χ4v) is 3.86. The Labute approximate surface area is 172 Å². The molecule has 150 valence electrons. The number of hydrogen-bond donors (Lipinski definition) is 1. The highest BCUT2D eigenvalue weighted by atomic mass is 32.1. The summed E-state index contributed by atoms with van der Waals surface area (Å²) in [7, 11) is 0. The minimum Gasteiger partial charge on any atom is -0.378 e. The Hall–Kier alpha value is -3.04. The number of aromatic nitrogens is 3. The lowest BCUT2D eigenvalue weighted by molar-refractivity contribution is -0.120. The maximum absolute atomic E-state index is 12.2. The van der Waals surface area contributed by atoms with Gasteiger partial charge in [0.05, 0.1) is 37.4 Å². The number of nitrogens with one attached hydrogen (secondary N) is 1. The molecule has 1 aromatic carbocycles. The number of hydrazone groups is 1. The Kier molecular flexibility index (Phi) is 5.97. The summed E-state index contributed by atoms with van der Waals surface area (Å²) in [5.74, 6) is -0.182. The van der Waals surface area contributed by atoms with E-state index in [0.29, 0.717) is 13.2 Å². The van der Waals surface area contributed by atoms with Crippen molar-refractivity contribution >= 4 is 28.1 Å². The van der Waals surface area contributed by atoms with Crippen LogP contribution in [0.4, 0.5) is 5.13 Å². The van der Waals surface area contributed by atoms with Crippen molar-refractivity contribution in [1.82, 2.24) is 20.0 Å². The number of benzene rings is 1. The smallest absolute Gasteiger partial charge is 0.246 e. The third kappa shape index (κ3) is 4.87. The van der Waals surface area contributed by atoms with Crippen molar-refractivity contribution in [3.8, 4) is 5.69 Å². The van der Waals surface area contributed by atoms with Crippen LogP contribution in [-0.4, -0.2) is 52.5 Å². The van der Waals surface area contributed by atoms with Crippen molar-refractivity contribution in [2.45, 2.75) is 13.3 Å². The van der Waals surface area contributed by atoms with Crippen LogP contribution < -0.4 is 10.3 Å². The van der Waals surface area contributed by atoms with E-state index in [1.54, 1.807) is 23.9 Å². The Morgan fingerprint density at radius 1 is 1.28 bits per heavy atom. The highest BCUT2D eigenvalue weighted by Crippen LogP contribution is 2.21. The van der Waals surface area contributed by atoms with E-state index < -0.39 is 0 Å². The van der Waals surface area contributed by atoms with Crippen molar-refractivity contribution in [2.24, 2.45) is 5.10 Å². The lowest BCUT2D eigenvalue weighted by atomic mass is 10.1. The molecule has 1 amide bonds. The number of nitrogens with zero attached hydrogens (tertiary/aromatic N) is 5. The maximum Gasteiger partial charge on any atom is 0.246 e. The highest BCUT2D eigenvalue weighted by molar-refractivity contribution is 7.13. The van der Waals surface area contributed by atoms with E-state index in [4.69, 9.17) is 4.74 Å². The number of rotatable bonds is 6. The largest absolute Gasteiger partial charge is 0.378 e. The second kappa shape index (κ2) is 8.97. The van der Waals surface area contributed by atoms with Crippen LogP contribution in [0.5, 0.6) is 0 Å². The van der Waals surface area contributed by atoms with Crippen LogP contribution in [0.3, 0.4) is 0 Å². The van der Waals surface area contributed by atoms with E-state index in [9.17, 15) is 4.79 Å². The summed E-state index contributed by atoms with van der Waals surface area (Å²) >= 11 is 1.56.